The molecule has 0 aromatic heterocycles. The first-order valence-corrected chi connectivity index (χ1v) is 7.04. The maximum Gasteiger partial charge on any atom is 0.254 e. The quantitative estimate of drug-likeness (QED) is 0.827. The molecule has 0 aliphatic heterocycles. The standard InChI is InChI=1S/C14H17BrFNO/c1-9(2)17(8-10-3-4-10)14(18)11-5-6-12(15)13(16)7-11/h5-7,9-10H,3-4,8H2,1-2H3. The number of halogens is 2. The second-order valence-electron chi connectivity index (χ2n) is 5.12. The van der Waals surface area contributed by atoms with Crippen LogP contribution >= 0.6 is 15.9 Å². The van der Waals surface area contributed by atoms with Gasteiger partial charge in [-0.25, -0.2) is 4.39 Å². The summed E-state index contributed by atoms with van der Waals surface area (Å²) in [6.07, 6.45) is 2.40. The zero-order valence-electron chi connectivity index (χ0n) is 10.6. The van der Waals surface area contributed by atoms with Crippen molar-refractivity contribution >= 4 is 21.8 Å². The molecule has 1 aromatic rings. The van der Waals surface area contributed by atoms with Crippen LogP contribution in [0.5, 0.6) is 0 Å². The van der Waals surface area contributed by atoms with Crippen LogP contribution in [0.1, 0.15) is 37.0 Å². The first-order valence-electron chi connectivity index (χ1n) is 6.25. The number of benzene rings is 1. The highest BCUT2D eigenvalue weighted by atomic mass is 79.9. The van der Waals surface area contributed by atoms with E-state index >= 15 is 0 Å². The van der Waals surface area contributed by atoms with Crippen molar-refractivity contribution in [1.29, 1.82) is 0 Å². The number of amides is 1. The smallest absolute Gasteiger partial charge is 0.254 e. The fourth-order valence-electron chi connectivity index (χ4n) is 1.90. The van der Waals surface area contributed by atoms with E-state index in [2.05, 4.69) is 15.9 Å². The molecule has 2 rings (SSSR count). The van der Waals surface area contributed by atoms with Gasteiger partial charge in [0.05, 0.1) is 4.47 Å². The van der Waals surface area contributed by atoms with Gasteiger partial charge in [-0.1, -0.05) is 0 Å². The Morgan fingerprint density at radius 2 is 2.17 bits per heavy atom. The Morgan fingerprint density at radius 3 is 2.67 bits per heavy atom. The van der Waals surface area contributed by atoms with Gasteiger partial charge in [-0.15, -0.1) is 0 Å². The maximum atomic E-state index is 13.5. The first kappa shape index (κ1) is 13.5. The Balaban J connectivity index is 2.18. The highest BCUT2D eigenvalue weighted by Crippen LogP contribution is 2.31. The normalized spacial score (nSPS) is 14.9. The summed E-state index contributed by atoms with van der Waals surface area (Å²) >= 11 is 3.09. The van der Waals surface area contributed by atoms with Gasteiger partial charge in [0.15, 0.2) is 0 Å². The molecule has 1 aliphatic carbocycles. The Hall–Kier alpha value is -0.900. The fourth-order valence-corrected chi connectivity index (χ4v) is 2.15. The molecule has 18 heavy (non-hydrogen) atoms. The summed E-state index contributed by atoms with van der Waals surface area (Å²) in [6.45, 7) is 4.78. The summed E-state index contributed by atoms with van der Waals surface area (Å²) in [6, 6.07) is 4.69. The van der Waals surface area contributed by atoms with E-state index in [0.29, 0.717) is 16.0 Å². The minimum Gasteiger partial charge on any atom is -0.336 e. The molecule has 0 unspecified atom stereocenters. The van der Waals surface area contributed by atoms with Gasteiger partial charge in [0.1, 0.15) is 5.82 Å². The number of hydrogen-bond donors (Lipinski definition) is 0. The van der Waals surface area contributed by atoms with Gasteiger partial charge in [0.25, 0.3) is 5.91 Å². The van der Waals surface area contributed by atoms with Crippen LogP contribution in [-0.4, -0.2) is 23.4 Å². The van der Waals surface area contributed by atoms with Crippen LogP contribution in [0.4, 0.5) is 4.39 Å². The number of carbonyl (C=O) groups is 1. The van der Waals surface area contributed by atoms with Crippen LogP contribution in [-0.2, 0) is 0 Å². The maximum absolute atomic E-state index is 13.5. The molecule has 0 N–H and O–H groups in total. The van der Waals surface area contributed by atoms with Gasteiger partial charge < -0.3 is 4.90 Å². The van der Waals surface area contributed by atoms with Crippen molar-refractivity contribution in [1.82, 2.24) is 4.90 Å². The van der Waals surface area contributed by atoms with E-state index in [1.165, 1.54) is 18.9 Å². The van der Waals surface area contributed by atoms with Crippen molar-refractivity contribution in [3.63, 3.8) is 0 Å². The fraction of sp³-hybridized carbons (Fsp3) is 0.500. The zero-order chi connectivity index (χ0) is 13.3. The number of nitrogens with zero attached hydrogens (tertiary/aromatic N) is 1. The van der Waals surface area contributed by atoms with Gasteiger partial charge in [0, 0.05) is 18.2 Å². The van der Waals surface area contributed by atoms with Crippen molar-refractivity contribution in [2.75, 3.05) is 6.54 Å². The summed E-state index contributed by atoms with van der Waals surface area (Å²) in [4.78, 5) is 14.2. The van der Waals surface area contributed by atoms with Gasteiger partial charge in [-0.3, -0.25) is 4.79 Å². The molecular formula is C14H17BrFNO. The highest BCUT2D eigenvalue weighted by molar-refractivity contribution is 9.10. The summed E-state index contributed by atoms with van der Waals surface area (Å²) in [5, 5.41) is 0. The van der Waals surface area contributed by atoms with E-state index in [0.717, 1.165) is 6.54 Å². The van der Waals surface area contributed by atoms with Crippen molar-refractivity contribution in [2.45, 2.75) is 32.7 Å². The van der Waals surface area contributed by atoms with Crippen LogP contribution in [0.2, 0.25) is 0 Å². The lowest BCUT2D eigenvalue weighted by Gasteiger charge is -2.27. The third-order valence-corrected chi connectivity index (χ3v) is 3.85. The number of rotatable bonds is 4. The number of carbonyl (C=O) groups excluding carboxylic acids is 1. The van der Waals surface area contributed by atoms with Crippen molar-refractivity contribution in [3.05, 3.63) is 34.1 Å². The molecule has 0 heterocycles. The van der Waals surface area contributed by atoms with E-state index in [4.69, 9.17) is 0 Å². The monoisotopic (exact) mass is 313 g/mol. The molecule has 0 atom stereocenters. The summed E-state index contributed by atoms with van der Waals surface area (Å²) < 4.78 is 13.8. The van der Waals surface area contributed by atoms with E-state index in [1.807, 2.05) is 18.7 Å². The lowest BCUT2D eigenvalue weighted by Crippen LogP contribution is -2.38. The van der Waals surface area contributed by atoms with Crippen LogP contribution in [0, 0.1) is 11.7 Å². The topological polar surface area (TPSA) is 20.3 Å². The molecule has 0 spiro atoms. The molecule has 0 bridgehead atoms. The van der Waals surface area contributed by atoms with Gasteiger partial charge in [-0.2, -0.15) is 0 Å². The van der Waals surface area contributed by atoms with E-state index in [-0.39, 0.29) is 11.9 Å². The minimum absolute atomic E-state index is 0.0803. The molecule has 1 amide bonds. The Labute approximate surface area is 115 Å². The van der Waals surface area contributed by atoms with Crippen LogP contribution in [0.3, 0.4) is 0 Å². The van der Waals surface area contributed by atoms with Gasteiger partial charge in [0.2, 0.25) is 0 Å². The molecule has 1 fully saturated rings. The predicted octanol–water partition coefficient (Wildman–Crippen LogP) is 3.85. The van der Waals surface area contributed by atoms with Crippen molar-refractivity contribution < 1.29 is 9.18 Å². The third kappa shape index (κ3) is 3.10. The number of hydrogen-bond acceptors (Lipinski definition) is 1. The second kappa shape index (κ2) is 5.39. The van der Waals surface area contributed by atoms with Crippen LogP contribution in [0.25, 0.3) is 0 Å². The minimum atomic E-state index is -0.393. The van der Waals surface area contributed by atoms with Crippen LogP contribution in [0.15, 0.2) is 22.7 Å². The van der Waals surface area contributed by atoms with Crippen molar-refractivity contribution in [3.8, 4) is 0 Å². The lowest BCUT2D eigenvalue weighted by atomic mass is 10.1. The molecule has 1 saturated carbocycles. The van der Waals surface area contributed by atoms with Crippen molar-refractivity contribution in [2.24, 2.45) is 5.92 Å². The highest BCUT2D eigenvalue weighted by Gasteiger charge is 2.28. The summed E-state index contributed by atoms with van der Waals surface area (Å²) in [7, 11) is 0. The van der Waals surface area contributed by atoms with Crippen LogP contribution < -0.4 is 0 Å². The molecule has 1 aromatic carbocycles. The summed E-state index contributed by atoms with van der Waals surface area (Å²) in [5.74, 6) is 0.163. The SMILES string of the molecule is CC(C)N(CC1CC1)C(=O)c1ccc(Br)c(F)c1. The molecule has 4 heteroatoms. The molecule has 1 aliphatic rings. The Morgan fingerprint density at radius 1 is 1.50 bits per heavy atom. The summed E-state index contributed by atoms with van der Waals surface area (Å²) in [5.41, 5.74) is 0.421. The Bertz CT molecular complexity index is 457. The van der Waals surface area contributed by atoms with E-state index < -0.39 is 5.82 Å². The third-order valence-electron chi connectivity index (χ3n) is 3.20. The Kier molecular flexibility index (Phi) is 4.05. The van der Waals surface area contributed by atoms with Gasteiger partial charge >= 0.3 is 0 Å². The van der Waals surface area contributed by atoms with E-state index in [1.54, 1.807) is 12.1 Å². The average molecular weight is 314 g/mol. The lowest BCUT2D eigenvalue weighted by molar-refractivity contribution is 0.0695. The molecule has 98 valence electrons. The largest absolute Gasteiger partial charge is 0.336 e. The molecular weight excluding hydrogens is 297 g/mol. The average Bonchev–Trinajstić information content (AvgIpc) is 3.12. The second-order valence-corrected chi connectivity index (χ2v) is 5.98. The first-order chi connectivity index (χ1) is 8.49. The van der Waals surface area contributed by atoms with E-state index in [9.17, 15) is 9.18 Å². The molecule has 0 radical (unpaired) electrons. The van der Waals surface area contributed by atoms with Gasteiger partial charge in [-0.05, 0) is 66.7 Å². The molecule has 2 nitrogen and oxygen atoms in total. The zero-order valence-corrected chi connectivity index (χ0v) is 12.2. The predicted molar refractivity (Wildman–Crippen MR) is 73.0 cm³/mol. The molecule has 0 saturated heterocycles.